The standard InChI is InChI=1S/C23H21F2N5O2/c1-13-21(23(31)28-16-7-8-27-12-16)29-22(14-3-4-15(11-26)18(24)9-14)30(13)17-5-6-20(32-2)19(25)10-17/h3-6,9-10,16,27H,7-8,12H2,1-2H3,(H,28,31)/t16-/m0/s1. The number of nitrogens with one attached hydrogen (secondary N) is 2. The lowest BCUT2D eigenvalue weighted by atomic mass is 10.1. The van der Waals surface area contributed by atoms with Crippen molar-refractivity contribution in [3.63, 3.8) is 0 Å². The van der Waals surface area contributed by atoms with E-state index in [0.717, 1.165) is 13.0 Å². The molecule has 0 aliphatic carbocycles. The molecule has 1 fully saturated rings. The molecular weight excluding hydrogens is 416 g/mol. The van der Waals surface area contributed by atoms with Crippen LogP contribution in [-0.4, -0.2) is 41.7 Å². The summed E-state index contributed by atoms with van der Waals surface area (Å²) in [5, 5.41) is 15.2. The molecule has 9 heteroatoms. The second-order valence-corrected chi connectivity index (χ2v) is 7.49. The van der Waals surface area contributed by atoms with E-state index in [4.69, 9.17) is 10.00 Å². The van der Waals surface area contributed by atoms with Crippen LogP contribution in [0.3, 0.4) is 0 Å². The summed E-state index contributed by atoms with van der Waals surface area (Å²) in [6.45, 7) is 3.18. The molecule has 32 heavy (non-hydrogen) atoms. The Labute approximate surface area is 183 Å². The van der Waals surface area contributed by atoms with Gasteiger partial charge in [-0.15, -0.1) is 0 Å². The first kappa shape index (κ1) is 21.5. The number of carbonyl (C=O) groups is 1. The second-order valence-electron chi connectivity index (χ2n) is 7.49. The molecule has 1 atom stereocenters. The number of hydrogen-bond donors (Lipinski definition) is 2. The van der Waals surface area contributed by atoms with Crippen molar-refractivity contribution in [1.29, 1.82) is 5.26 Å². The van der Waals surface area contributed by atoms with Gasteiger partial charge < -0.3 is 15.4 Å². The summed E-state index contributed by atoms with van der Waals surface area (Å²) < 4.78 is 35.4. The Morgan fingerprint density at radius 3 is 2.72 bits per heavy atom. The lowest BCUT2D eigenvalue weighted by Crippen LogP contribution is -2.36. The van der Waals surface area contributed by atoms with Gasteiger partial charge in [0.15, 0.2) is 11.6 Å². The highest BCUT2D eigenvalue weighted by Crippen LogP contribution is 2.30. The minimum absolute atomic E-state index is 0.0127. The van der Waals surface area contributed by atoms with Crippen molar-refractivity contribution in [3.05, 3.63) is 65.0 Å². The molecule has 1 aromatic heterocycles. The molecule has 1 amide bonds. The van der Waals surface area contributed by atoms with E-state index >= 15 is 0 Å². The summed E-state index contributed by atoms with van der Waals surface area (Å²) in [7, 11) is 1.37. The van der Waals surface area contributed by atoms with E-state index < -0.39 is 11.6 Å². The van der Waals surface area contributed by atoms with Crippen molar-refractivity contribution in [2.45, 2.75) is 19.4 Å². The van der Waals surface area contributed by atoms with Crippen molar-refractivity contribution in [1.82, 2.24) is 20.2 Å². The summed E-state index contributed by atoms with van der Waals surface area (Å²) in [5.41, 5.74) is 1.27. The maximum Gasteiger partial charge on any atom is 0.272 e. The number of methoxy groups -OCH3 is 1. The first-order valence-corrected chi connectivity index (χ1v) is 10.1. The van der Waals surface area contributed by atoms with E-state index in [-0.39, 0.29) is 34.8 Å². The van der Waals surface area contributed by atoms with Crippen LogP contribution in [0.15, 0.2) is 36.4 Å². The smallest absolute Gasteiger partial charge is 0.272 e. The van der Waals surface area contributed by atoms with Crippen molar-refractivity contribution in [2.24, 2.45) is 0 Å². The highest BCUT2D eigenvalue weighted by molar-refractivity contribution is 5.94. The Kier molecular flexibility index (Phi) is 5.88. The Balaban J connectivity index is 1.85. The summed E-state index contributed by atoms with van der Waals surface area (Å²) >= 11 is 0. The van der Waals surface area contributed by atoms with Crippen molar-refractivity contribution >= 4 is 5.91 Å². The predicted octanol–water partition coefficient (Wildman–Crippen LogP) is 3.10. The molecule has 2 aromatic carbocycles. The van der Waals surface area contributed by atoms with Crippen LogP contribution < -0.4 is 15.4 Å². The summed E-state index contributed by atoms with van der Waals surface area (Å²) in [6, 6.07) is 10.2. The minimum atomic E-state index is -0.707. The second kappa shape index (κ2) is 8.77. The van der Waals surface area contributed by atoms with E-state index in [0.29, 0.717) is 23.5 Å². The third-order valence-corrected chi connectivity index (χ3v) is 5.46. The first-order valence-electron chi connectivity index (χ1n) is 10.1. The molecule has 0 saturated carbocycles. The van der Waals surface area contributed by atoms with Gasteiger partial charge in [-0.1, -0.05) is 0 Å². The number of hydrogen-bond acceptors (Lipinski definition) is 5. The number of imidazole rings is 1. The molecule has 2 heterocycles. The number of aromatic nitrogens is 2. The van der Waals surface area contributed by atoms with Gasteiger partial charge in [0.1, 0.15) is 23.4 Å². The van der Waals surface area contributed by atoms with Crippen LogP contribution >= 0.6 is 0 Å². The fourth-order valence-corrected chi connectivity index (χ4v) is 3.80. The van der Waals surface area contributed by atoms with E-state index in [1.807, 2.05) is 0 Å². The summed E-state index contributed by atoms with van der Waals surface area (Å²) in [4.78, 5) is 17.5. The van der Waals surface area contributed by atoms with Crippen molar-refractivity contribution in [2.75, 3.05) is 20.2 Å². The Morgan fingerprint density at radius 1 is 1.28 bits per heavy atom. The van der Waals surface area contributed by atoms with Gasteiger partial charge in [-0.3, -0.25) is 9.36 Å². The predicted molar refractivity (Wildman–Crippen MR) is 114 cm³/mol. The number of amides is 1. The monoisotopic (exact) mass is 437 g/mol. The lowest BCUT2D eigenvalue weighted by molar-refractivity contribution is 0.0935. The number of nitrogens with zero attached hydrogens (tertiary/aromatic N) is 3. The Morgan fingerprint density at radius 2 is 2.09 bits per heavy atom. The van der Waals surface area contributed by atoms with Gasteiger partial charge >= 0.3 is 0 Å². The molecule has 7 nitrogen and oxygen atoms in total. The molecule has 2 N–H and O–H groups in total. The third-order valence-electron chi connectivity index (χ3n) is 5.46. The summed E-state index contributed by atoms with van der Waals surface area (Å²) in [5.74, 6) is -1.33. The van der Waals surface area contributed by atoms with E-state index in [9.17, 15) is 13.6 Å². The molecule has 0 radical (unpaired) electrons. The molecule has 4 rings (SSSR count). The van der Waals surface area contributed by atoms with Crippen LogP contribution in [0.25, 0.3) is 17.1 Å². The van der Waals surface area contributed by atoms with Crippen LogP contribution in [0.5, 0.6) is 5.75 Å². The number of nitriles is 1. The molecule has 0 spiro atoms. The molecule has 1 aliphatic heterocycles. The highest BCUT2D eigenvalue weighted by atomic mass is 19.1. The average molecular weight is 437 g/mol. The zero-order valence-electron chi connectivity index (χ0n) is 17.6. The molecule has 1 saturated heterocycles. The third kappa shape index (κ3) is 3.92. The maximum atomic E-state index is 14.5. The van der Waals surface area contributed by atoms with Gasteiger partial charge in [0, 0.05) is 24.2 Å². The number of carbonyl (C=O) groups excluding carboxylic acids is 1. The van der Waals surface area contributed by atoms with Gasteiger partial charge in [-0.2, -0.15) is 5.26 Å². The largest absolute Gasteiger partial charge is 0.494 e. The van der Waals surface area contributed by atoms with Gasteiger partial charge in [0.05, 0.1) is 24.1 Å². The number of halogens is 2. The zero-order chi connectivity index (χ0) is 22.8. The molecule has 164 valence electrons. The summed E-state index contributed by atoms with van der Waals surface area (Å²) in [6.07, 6.45) is 0.808. The van der Waals surface area contributed by atoms with Crippen molar-refractivity contribution in [3.8, 4) is 28.9 Å². The van der Waals surface area contributed by atoms with Crippen LogP contribution in [0.1, 0.15) is 28.2 Å². The zero-order valence-corrected chi connectivity index (χ0v) is 17.6. The highest BCUT2D eigenvalue weighted by Gasteiger charge is 2.25. The first-order chi connectivity index (χ1) is 15.4. The maximum absolute atomic E-state index is 14.5. The topological polar surface area (TPSA) is 92.0 Å². The van der Waals surface area contributed by atoms with Crippen LogP contribution in [-0.2, 0) is 0 Å². The molecule has 0 bridgehead atoms. The van der Waals surface area contributed by atoms with E-state index in [2.05, 4.69) is 15.6 Å². The minimum Gasteiger partial charge on any atom is -0.494 e. The molecular formula is C23H21F2N5O2. The molecule has 3 aromatic rings. The normalized spacial score (nSPS) is 15.4. The van der Waals surface area contributed by atoms with Gasteiger partial charge in [-0.25, -0.2) is 13.8 Å². The number of benzene rings is 2. The van der Waals surface area contributed by atoms with E-state index in [1.165, 1.54) is 31.4 Å². The Hall–Kier alpha value is -3.77. The molecule has 1 aliphatic rings. The quantitative estimate of drug-likeness (QED) is 0.640. The lowest BCUT2D eigenvalue weighted by Gasteiger charge is -2.13. The van der Waals surface area contributed by atoms with Crippen molar-refractivity contribution < 1.29 is 18.3 Å². The SMILES string of the molecule is COc1ccc(-n2c(-c3ccc(C#N)c(F)c3)nc(C(=O)N[C@H]3CCNC3)c2C)cc1F. The average Bonchev–Trinajstić information content (AvgIpc) is 3.41. The van der Waals surface area contributed by atoms with Gasteiger partial charge in [0.25, 0.3) is 5.91 Å². The van der Waals surface area contributed by atoms with Gasteiger partial charge in [-0.05, 0) is 50.2 Å². The fraction of sp³-hybridized carbons (Fsp3) is 0.261. The Bertz CT molecular complexity index is 1230. The van der Waals surface area contributed by atoms with Crippen LogP contribution in [0.2, 0.25) is 0 Å². The van der Waals surface area contributed by atoms with Crippen LogP contribution in [0.4, 0.5) is 8.78 Å². The fourth-order valence-electron chi connectivity index (χ4n) is 3.80. The molecule has 0 unspecified atom stereocenters. The number of ether oxygens (including phenoxy) is 1. The van der Waals surface area contributed by atoms with Gasteiger partial charge in [0.2, 0.25) is 0 Å². The van der Waals surface area contributed by atoms with E-state index in [1.54, 1.807) is 29.7 Å². The van der Waals surface area contributed by atoms with Crippen LogP contribution in [0, 0.1) is 29.9 Å². The number of rotatable bonds is 5.